The van der Waals surface area contributed by atoms with Crippen LogP contribution in [0.2, 0.25) is 0 Å². The number of rotatable bonds is 6. The highest BCUT2D eigenvalue weighted by atomic mass is 79.9. The van der Waals surface area contributed by atoms with E-state index in [1.807, 2.05) is 18.2 Å². The van der Waals surface area contributed by atoms with E-state index in [1.165, 1.54) is 17.7 Å². The highest BCUT2D eigenvalue weighted by Crippen LogP contribution is 2.31. The standard InChI is InChI=1S/C30H26BrFN6O2/c31-23-5-7-25(8-6-23)34-30(39)35-26-14-21(13-24(32)16-26)28-27-15-22(17-33-29(27)37-36-28)20-3-1-19(2-4-20)18-38-9-11-40-12-10-38/h1-8,13-17H,9-12,18H2,(H,33,36,37)(H2,34,35,39). The molecule has 8 nitrogen and oxygen atoms in total. The molecule has 2 aromatic heterocycles. The Balaban J connectivity index is 1.22. The van der Waals surface area contributed by atoms with Gasteiger partial charge in [-0.1, -0.05) is 40.2 Å². The van der Waals surface area contributed by atoms with Gasteiger partial charge in [0, 0.05) is 58.2 Å². The highest BCUT2D eigenvalue weighted by Gasteiger charge is 2.15. The van der Waals surface area contributed by atoms with E-state index in [0.29, 0.717) is 28.3 Å². The summed E-state index contributed by atoms with van der Waals surface area (Å²) in [5, 5.41) is 13.5. The lowest BCUT2D eigenvalue weighted by atomic mass is 10.0. The molecule has 0 unspecified atom stereocenters. The number of halogens is 2. The Morgan fingerprint density at radius 1 is 0.925 bits per heavy atom. The molecule has 1 saturated heterocycles. The van der Waals surface area contributed by atoms with Crippen LogP contribution < -0.4 is 10.6 Å². The van der Waals surface area contributed by atoms with Gasteiger partial charge in [0.15, 0.2) is 5.65 Å². The predicted octanol–water partition coefficient (Wildman–Crippen LogP) is 6.67. The third kappa shape index (κ3) is 6.04. The summed E-state index contributed by atoms with van der Waals surface area (Å²) in [6, 6.07) is 21.5. The van der Waals surface area contributed by atoms with E-state index in [1.54, 1.807) is 24.4 Å². The van der Waals surface area contributed by atoms with Crippen molar-refractivity contribution in [3.63, 3.8) is 0 Å². The first kappa shape index (κ1) is 26.1. The zero-order chi connectivity index (χ0) is 27.5. The second kappa shape index (κ2) is 11.5. The molecule has 3 aromatic carbocycles. The second-order valence-corrected chi connectivity index (χ2v) is 10.5. The number of morpholine rings is 1. The molecular formula is C30H26BrFN6O2. The maximum absolute atomic E-state index is 14.7. The van der Waals surface area contributed by atoms with E-state index in [2.05, 4.69) is 70.9 Å². The topological polar surface area (TPSA) is 95.2 Å². The SMILES string of the molecule is O=C(Nc1ccc(Br)cc1)Nc1cc(F)cc(-c2n[nH]c3ncc(-c4ccc(CN5CCOCC5)cc4)cc23)c1. The molecule has 6 rings (SSSR count). The number of fused-ring (bicyclic) bond motifs is 1. The molecule has 1 aliphatic heterocycles. The summed E-state index contributed by atoms with van der Waals surface area (Å²) in [5.74, 6) is -0.493. The number of hydrogen-bond acceptors (Lipinski definition) is 5. The van der Waals surface area contributed by atoms with Gasteiger partial charge in [0.2, 0.25) is 0 Å². The molecule has 1 fully saturated rings. The number of nitrogens with zero attached hydrogens (tertiary/aromatic N) is 3. The number of urea groups is 1. The average molecular weight is 601 g/mol. The molecule has 202 valence electrons. The second-order valence-electron chi connectivity index (χ2n) is 9.59. The fourth-order valence-corrected chi connectivity index (χ4v) is 4.99. The molecule has 0 aliphatic carbocycles. The Bertz CT molecular complexity index is 1650. The molecular weight excluding hydrogens is 575 g/mol. The van der Waals surface area contributed by atoms with Gasteiger partial charge >= 0.3 is 6.03 Å². The lowest BCUT2D eigenvalue weighted by molar-refractivity contribution is 0.0342. The van der Waals surface area contributed by atoms with E-state index < -0.39 is 11.8 Å². The van der Waals surface area contributed by atoms with Crippen LogP contribution in [0.1, 0.15) is 5.56 Å². The zero-order valence-corrected chi connectivity index (χ0v) is 23.0. The molecule has 2 amide bonds. The summed E-state index contributed by atoms with van der Waals surface area (Å²) in [7, 11) is 0. The third-order valence-electron chi connectivity index (χ3n) is 6.74. The Hall–Kier alpha value is -4.12. The minimum absolute atomic E-state index is 0.306. The molecule has 0 atom stereocenters. The number of carbonyl (C=O) groups is 1. The van der Waals surface area contributed by atoms with Gasteiger partial charge in [-0.3, -0.25) is 10.00 Å². The first-order valence-electron chi connectivity index (χ1n) is 12.9. The molecule has 0 bridgehead atoms. The van der Waals surface area contributed by atoms with Gasteiger partial charge in [0.1, 0.15) is 11.5 Å². The first-order chi connectivity index (χ1) is 19.5. The monoisotopic (exact) mass is 600 g/mol. The van der Waals surface area contributed by atoms with Gasteiger partial charge in [-0.2, -0.15) is 5.10 Å². The average Bonchev–Trinajstić information content (AvgIpc) is 3.38. The number of nitrogens with one attached hydrogen (secondary N) is 3. The molecule has 10 heteroatoms. The van der Waals surface area contributed by atoms with Gasteiger partial charge in [-0.05, 0) is 59.7 Å². The number of amides is 2. The number of anilines is 2. The van der Waals surface area contributed by atoms with Crippen LogP contribution in [0.25, 0.3) is 33.4 Å². The summed E-state index contributed by atoms with van der Waals surface area (Å²) in [6.45, 7) is 4.33. The minimum Gasteiger partial charge on any atom is -0.379 e. The van der Waals surface area contributed by atoms with Crippen LogP contribution in [0, 0.1) is 5.82 Å². The molecule has 5 aromatic rings. The van der Waals surface area contributed by atoms with Crippen molar-refractivity contribution in [3.05, 3.63) is 94.8 Å². The van der Waals surface area contributed by atoms with Crippen LogP contribution in [0.3, 0.4) is 0 Å². The number of ether oxygens (including phenoxy) is 1. The van der Waals surface area contributed by atoms with Crippen molar-refractivity contribution >= 4 is 44.4 Å². The van der Waals surface area contributed by atoms with Crippen molar-refractivity contribution in [1.29, 1.82) is 0 Å². The summed E-state index contributed by atoms with van der Waals surface area (Å²) in [4.78, 5) is 19.5. The van der Waals surface area contributed by atoms with Gasteiger partial charge in [0.05, 0.1) is 13.2 Å². The van der Waals surface area contributed by atoms with Gasteiger partial charge < -0.3 is 15.4 Å². The van der Waals surface area contributed by atoms with E-state index in [4.69, 9.17) is 4.74 Å². The largest absolute Gasteiger partial charge is 0.379 e. The zero-order valence-electron chi connectivity index (χ0n) is 21.5. The number of carbonyl (C=O) groups excluding carboxylic acids is 1. The molecule has 0 spiro atoms. The van der Waals surface area contributed by atoms with Crippen molar-refractivity contribution in [3.8, 4) is 22.4 Å². The van der Waals surface area contributed by atoms with E-state index in [0.717, 1.165) is 53.8 Å². The first-order valence-corrected chi connectivity index (χ1v) is 13.7. The molecule has 3 N–H and O–H groups in total. The van der Waals surface area contributed by atoms with Crippen molar-refractivity contribution in [2.45, 2.75) is 6.54 Å². The number of H-pyrrole nitrogens is 1. The Labute approximate surface area is 238 Å². The van der Waals surface area contributed by atoms with Crippen molar-refractivity contribution in [2.75, 3.05) is 36.9 Å². The lowest BCUT2D eigenvalue weighted by Gasteiger charge is -2.26. The van der Waals surface area contributed by atoms with Crippen LogP contribution in [0.4, 0.5) is 20.6 Å². The number of aromatic amines is 1. The van der Waals surface area contributed by atoms with Crippen LogP contribution >= 0.6 is 15.9 Å². The minimum atomic E-state index is -0.493. The van der Waals surface area contributed by atoms with Crippen LogP contribution in [-0.2, 0) is 11.3 Å². The highest BCUT2D eigenvalue weighted by molar-refractivity contribution is 9.10. The predicted molar refractivity (Wildman–Crippen MR) is 158 cm³/mol. The van der Waals surface area contributed by atoms with Gasteiger partial charge in [-0.15, -0.1) is 0 Å². The Morgan fingerprint density at radius 3 is 2.45 bits per heavy atom. The molecule has 1 aliphatic rings. The summed E-state index contributed by atoms with van der Waals surface area (Å²) in [6.07, 6.45) is 1.80. The molecule has 0 saturated carbocycles. The third-order valence-corrected chi connectivity index (χ3v) is 7.27. The van der Waals surface area contributed by atoms with Crippen molar-refractivity contribution in [1.82, 2.24) is 20.1 Å². The van der Waals surface area contributed by atoms with Crippen LogP contribution in [-0.4, -0.2) is 52.4 Å². The molecule has 0 radical (unpaired) electrons. The number of hydrogen-bond donors (Lipinski definition) is 3. The van der Waals surface area contributed by atoms with Crippen molar-refractivity contribution < 1.29 is 13.9 Å². The smallest absolute Gasteiger partial charge is 0.323 e. The normalized spacial score (nSPS) is 13.8. The van der Waals surface area contributed by atoms with E-state index in [-0.39, 0.29) is 0 Å². The number of benzene rings is 3. The van der Waals surface area contributed by atoms with Crippen LogP contribution in [0.5, 0.6) is 0 Å². The van der Waals surface area contributed by atoms with E-state index in [9.17, 15) is 9.18 Å². The van der Waals surface area contributed by atoms with E-state index >= 15 is 0 Å². The van der Waals surface area contributed by atoms with Crippen molar-refractivity contribution in [2.24, 2.45) is 0 Å². The summed E-state index contributed by atoms with van der Waals surface area (Å²) < 4.78 is 21.0. The fraction of sp³-hybridized carbons (Fsp3) is 0.167. The quantitative estimate of drug-likeness (QED) is 0.202. The summed E-state index contributed by atoms with van der Waals surface area (Å²) >= 11 is 3.37. The number of aromatic nitrogens is 3. The maximum Gasteiger partial charge on any atom is 0.323 e. The lowest BCUT2D eigenvalue weighted by Crippen LogP contribution is -2.35. The van der Waals surface area contributed by atoms with Gasteiger partial charge in [0.25, 0.3) is 0 Å². The maximum atomic E-state index is 14.7. The Morgan fingerprint density at radius 2 is 1.68 bits per heavy atom. The molecule has 3 heterocycles. The number of pyridine rings is 1. The van der Waals surface area contributed by atoms with Crippen LogP contribution in [0.15, 0.2) is 83.5 Å². The van der Waals surface area contributed by atoms with Gasteiger partial charge in [-0.25, -0.2) is 14.2 Å². The Kier molecular flexibility index (Phi) is 7.54. The molecule has 40 heavy (non-hydrogen) atoms. The fourth-order valence-electron chi connectivity index (χ4n) is 4.73. The summed E-state index contributed by atoms with van der Waals surface area (Å²) in [5.41, 5.74) is 5.77.